The maximum absolute atomic E-state index is 15.0. The summed E-state index contributed by atoms with van der Waals surface area (Å²) in [6.45, 7) is 1.55. The van der Waals surface area contributed by atoms with E-state index in [2.05, 4.69) is 10.6 Å². The van der Waals surface area contributed by atoms with Crippen LogP contribution in [0.15, 0.2) is 66.7 Å². The van der Waals surface area contributed by atoms with Gasteiger partial charge < -0.3 is 21.1 Å². The molecule has 3 aromatic carbocycles. The second-order valence-electron chi connectivity index (χ2n) is 10.7. The number of anilines is 1. The van der Waals surface area contributed by atoms with Gasteiger partial charge in [-0.15, -0.1) is 0 Å². The van der Waals surface area contributed by atoms with E-state index in [0.29, 0.717) is 41.8 Å². The molecular weight excluding hydrogens is 503 g/mol. The van der Waals surface area contributed by atoms with E-state index in [4.69, 9.17) is 10.5 Å². The third-order valence-electron chi connectivity index (χ3n) is 7.94. The smallest absolute Gasteiger partial charge is 0.242 e. The van der Waals surface area contributed by atoms with Crippen molar-refractivity contribution in [3.05, 3.63) is 101 Å². The van der Waals surface area contributed by atoms with Gasteiger partial charge in [0, 0.05) is 30.3 Å². The number of ether oxygens (including phenoxy) is 1. The number of morpholine rings is 1. The molecule has 2 fully saturated rings. The first-order chi connectivity index (χ1) is 18.8. The summed E-state index contributed by atoms with van der Waals surface area (Å²) in [6, 6.07) is 14.8. The third-order valence-corrected chi connectivity index (χ3v) is 7.94. The summed E-state index contributed by atoms with van der Waals surface area (Å²) in [5.41, 5.74) is 8.11. The van der Waals surface area contributed by atoms with Gasteiger partial charge in [0.25, 0.3) is 0 Å². The molecule has 0 bridgehead atoms. The minimum absolute atomic E-state index is 0.0434. The lowest BCUT2D eigenvalue weighted by Crippen LogP contribution is -2.52. The highest BCUT2D eigenvalue weighted by Crippen LogP contribution is 2.36. The predicted molar refractivity (Wildman–Crippen MR) is 145 cm³/mol. The van der Waals surface area contributed by atoms with Crippen LogP contribution in [0.4, 0.5) is 18.9 Å². The van der Waals surface area contributed by atoms with Crippen molar-refractivity contribution in [2.24, 2.45) is 5.73 Å². The van der Waals surface area contributed by atoms with Crippen molar-refractivity contribution >= 4 is 11.6 Å². The topological polar surface area (TPSA) is 76.4 Å². The minimum atomic E-state index is -1.15. The van der Waals surface area contributed by atoms with E-state index in [9.17, 15) is 13.6 Å². The lowest BCUT2D eigenvalue weighted by atomic mass is 9.85. The zero-order chi connectivity index (χ0) is 27.4. The average molecular weight is 538 g/mol. The Morgan fingerprint density at radius 3 is 2.49 bits per heavy atom. The molecule has 5 nitrogen and oxygen atoms in total. The van der Waals surface area contributed by atoms with Gasteiger partial charge in [0.1, 0.15) is 17.5 Å². The quantitative estimate of drug-likeness (QED) is 0.358. The summed E-state index contributed by atoms with van der Waals surface area (Å²) in [5.74, 6) is -2.63. The van der Waals surface area contributed by atoms with E-state index in [1.165, 1.54) is 54.6 Å². The second-order valence-corrected chi connectivity index (χ2v) is 10.7. The number of nitrogens with one attached hydrogen (secondary N) is 2. The third kappa shape index (κ3) is 6.35. The number of hydrogen-bond acceptors (Lipinski definition) is 4. The van der Waals surface area contributed by atoms with Gasteiger partial charge in [-0.2, -0.15) is 0 Å². The normalized spacial score (nSPS) is 20.1. The first kappa shape index (κ1) is 27.4. The van der Waals surface area contributed by atoms with Crippen LogP contribution in [0.1, 0.15) is 54.7 Å². The van der Waals surface area contributed by atoms with Crippen molar-refractivity contribution in [3.8, 4) is 0 Å². The Hall–Kier alpha value is -3.20. The molecule has 3 aromatic rings. The number of carbonyl (C=O) groups excluding carboxylic acids is 1. The molecule has 1 amide bonds. The average Bonchev–Trinajstić information content (AvgIpc) is 3.36. The van der Waals surface area contributed by atoms with E-state index in [1.54, 1.807) is 12.1 Å². The molecule has 5 rings (SSSR count). The zero-order valence-electron chi connectivity index (χ0n) is 21.8. The number of rotatable bonds is 8. The highest BCUT2D eigenvalue weighted by Gasteiger charge is 2.39. The predicted octanol–water partition coefficient (Wildman–Crippen LogP) is 5.44. The first-order valence-electron chi connectivity index (χ1n) is 13.6. The molecule has 2 aliphatic rings. The standard InChI is InChI=1S/C31H34F3N3O2/c32-22-11-9-20(10-12-22)28(21-5-3-6-23(33)17-21)29(35)30(38)37-27-8-4-7-26(34)25(27)14-13-24-18-36-19-31(39-24)15-1-2-16-31/h3-12,17,24,28-29,36H,1-2,13-16,18-19,35H2,(H,37,38)/t24-,28+,29+/m1/s1. The van der Waals surface area contributed by atoms with E-state index < -0.39 is 35.3 Å². The van der Waals surface area contributed by atoms with Crippen LogP contribution in [-0.4, -0.2) is 36.7 Å². The fraction of sp³-hybridized carbons (Fsp3) is 0.387. The van der Waals surface area contributed by atoms with Gasteiger partial charge in [0.15, 0.2) is 0 Å². The lowest BCUT2D eigenvalue weighted by Gasteiger charge is -2.39. The van der Waals surface area contributed by atoms with Crippen LogP contribution in [0.2, 0.25) is 0 Å². The number of halogens is 3. The van der Waals surface area contributed by atoms with Crippen LogP contribution in [-0.2, 0) is 16.0 Å². The van der Waals surface area contributed by atoms with Crippen LogP contribution < -0.4 is 16.4 Å². The maximum Gasteiger partial charge on any atom is 0.242 e. The molecular formula is C31H34F3N3O2. The van der Waals surface area contributed by atoms with E-state index in [-0.39, 0.29) is 11.7 Å². The van der Waals surface area contributed by atoms with Gasteiger partial charge in [0.2, 0.25) is 5.91 Å². The molecule has 0 radical (unpaired) electrons. The van der Waals surface area contributed by atoms with Gasteiger partial charge in [-0.05, 0) is 73.2 Å². The van der Waals surface area contributed by atoms with Crippen LogP contribution in [0.5, 0.6) is 0 Å². The molecule has 0 aromatic heterocycles. The van der Waals surface area contributed by atoms with Crippen molar-refractivity contribution in [2.45, 2.75) is 62.2 Å². The van der Waals surface area contributed by atoms with Crippen molar-refractivity contribution < 1.29 is 22.7 Å². The molecule has 3 atom stereocenters. The molecule has 8 heteroatoms. The molecule has 1 aliphatic carbocycles. The summed E-state index contributed by atoms with van der Waals surface area (Å²) in [4.78, 5) is 13.4. The summed E-state index contributed by atoms with van der Waals surface area (Å²) in [6.07, 6.45) is 5.33. The molecule has 39 heavy (non-hydrogen) atoms. The van der Waals surface area contributed by atoms with Gasteiger partial charge in [-0.25, -0.2) is 13.2 Å². The minimum Gasteiger partial charge on any atom is -0.369 e. The van der Waals surface area contributed by atoms with Crippen LogP contribution in [0.25, 0.3) is 0 Å². The Bertz CT molecular complexity index is 1290. The zero-order valence-corrected chi connectivity index (χ0v) is 21.8. The number of nitrogens with two attached hydrogens (primary N) is 1. The molecule has 1 heterocycles. The van der Waals surface area contributed by atoms with Crippen molar-refractivity contribution in [2.75, 3.05) is 18.4 Å². The Labute approximate surface area is 226 Å². The Kier molecular flexibility index (Phi) is 8.35. The summed E-state index contributed by atoms with van der Waals surface area (Å²) in [5, 5.41) is 6.28. The van der Waals surface area contributed by atoms with Gasteiger partial charge in [-0.1, -0.05) is 43.2 Å². The van der Waals surface area contributed by atoms with E-state index in [0.717, 1.165) is 32.2 Å². The highest BCUT2D eigenvalue weighted by atomic mass is 19.1. The fourth-order valence-corrected chi connectivity index (χ4v) is 5.95. The summed E-state index contributed by atoms with van der Waals surface area (Å²) >= 11 is 0. The van der Waals surface area contributed by atoms with E-state index in [1.807, 2.05) is 0 Å². The number of benzene rings is 3. The highest BCUT2D eigenvalue weighted by molar-refractivity contribution is 5.96. The molecule has 1 saturated carbocycles. The Morgan fingerprint density at radius 1 is 1.00 bits per heavy atom. The van der Waals surface area contributed by atoms with Crippen molar-refractivity contribution in [3.63, 3.8) is 0 Å². The molecule has 1 saturated heterocycles. The molecule has 1 spiro atoms. The van der Waals surface area contributed by atoms with Crippen LogP contribution >= 0.6 is 0 Å². The Balaban J connectivity index is 1.33. The number of hydrogen-bond donors (Lipinski definition) is 3. The summed E-state index contributed by atoms with van der Waals surface area (Å²) < 4.78 is 49.2. The van der Waals surface area contributed by atoms with Crippen LogP contribution in [0, 0.1) is 17.5 Å². The lowest BCUT2D eigenvalue weighted by molar-refractivity contribution is -0.117. The first-order valence-corrected chi connectivity index (χ1v) is 13.6. The molecule has 0 unspecified atom stereocenters. The van der Waals surface area contributed by atoms with Gasteiger partial charge in [-0.3, -0.25) is 4.79 Å². The van der Waals surface area contributed by atoms with E-state index >= 15 is 4.39 Å². The fourth-order valence-electron chi connectivity index (χ4n) is 5.95. The SMILES string of the molecule is N[C@H](C(=O)Nc1cccc(F)c1CC[C@@H]1CNCC2(CCCC2)O1)[C@@H](c1ccc(F)cc1)c1cccc(F)c1. The molecule has 1 aliphatic heterocycles. The number of amides is 1. The van der Waals surface area contributed by atoms with Crippen molar-refractivity contribution in [1.82, 2.24) is 5.32 Å². The number of carbonyl (C=O) groups is 1. The monoisotopic (exact) mass is 537 g/mol. The molecule has 4 N–H and O–H groups in total. The summed E-state index contributed by atoms with van der Waals surface area (Å²) in [7, 11) is 0. The van der Waals surface area contributed by atoms with Crippen LogP contribution in [0.3, 0.4) is 0 Å². The maximum atomic E-state index is 15.0. The second kappa shape index (κ2) is 11.9. The Morgan fingerprint density at radius 2 is 1.74 bits per heavy atom. The van der Waals surface area contributed by atoms with Gasteiger partial charge in [0.05, 0.1) is 17.7 Å². The molecule has 206 valence electrons. The van der Waals surface area contributed by atoms with Gasteiger partial charge >= 0.3 is 0 Å². The van der Waals surface area contributed by atoms with Crippen molar-refractivity contribution in [1.29, 1.82) is 0 Å². The largest absolute Gasteiger partial charge is 0.369 e.